The molecule has 22 heavy (non-hydrogen) atoms. The molecule has 1 aliphatic heterocycles. The maximum Gasteiger partial charge on any atom is 0.223 e. The second-order valence-corrected chi connectivity index (χ2v) is 5.31. The van der Waals surface area contributed by atoms with Gasteiger partial charge in [-0.1, -0.05) is 36.3 Å². The fraction of sp³-hybridized carbons (Fsp3) is 0.438. The summed E-state index contributed by atoms with van der Waals surface area (Å²) in [5.74, 6) is 1.30. The van der Waals surface area contributed by atoms with Gasteiger partial charge in [0, 0.05) is 25.5 Å². The topological polar surface area (TPSA) is 68.5 Å². The van der Waals surface area contributed by atoms with Crippen molar-refractivity contribution in [3.05, 3.63) is 35.7 Å². The molecule has 1 unspecified atom stereocenters. The Hall–Kier alpha value is -2.21. The molecule has 116 valence electrons. The van der Waals surface area contributed by atoms with Gasteiger partial charge < -0.3 is 14.2 Å². The van der Waals surface area contributed by atoms with Crippen molar-refractivity contribution < 1.29 is 14.1 Å². The largest absolute Gasteiger partial charge is 0.370 e. The van der Waals surface area contributed by atoms with Crippen LogP contribution in [-0.4, -0.2) is 40.6 Å². The monoisotopic (exact) mass is 301 g/mol. The summed E-state index contributed by atoms with van der Waals surface area (Å²) in [7, 11) is 0. The molecule has 2 aromatic rings. The predicted molar refractivity (Wildman–Crippen MR) is 80.0 cm³/mol. The summed E-state index contributed by atoms with van der Waals surface area (Å²) >= 11 is 0. The molecule has 0 N–H and O–H groups in total. The van der Waals surface area contributed by atoms with Gasteiger partial charge in [0.05, 0.1) is 13.2 Å². The molecule has 1 amide bonds. The molecule has 1 aliphatic rings. The second-order valence-electron chi connectivity index (χ2n) is 5.31. The highest BCUT2D eigenvalue weighted by Gasteiger charge is 2.24. The van der Waals surface area contributed by atoms with Gasteiger partial charge in [-0.25, -0.2) is 0 Å². The number of nitrogens with zero attached hydrogens (tertiary/aromatic N) is 3. The maximum absolute atomic E-state index is 11.8. The zero-order chi connectivity index (χ0) is 15.5. The quantitative estimate of drug-likeness (QED) is 0.870. The number of hydrogen-bond donors (Lipinski definition) is 0. The van der Waals surface area contributed by atoms with E-state index in [0.717, 1.165) is 11.1 Å². The van der Waals surface area contributed by atoms with E-state index in [9.17, 15) is 4.79 Å². The molecule has 0 saturated carbocycles. The van der Waals surface area contributed by atoms with E-state index in [4.69, 9.17) is 9.26 Å². The summed E-state index contributed by atoms with van der Waals surface area (Å²) in [4.78, 5) is 17.9. The molecular weight excluding hydrogens is 282 g/mol. The third-order valence-electron chi connectivity index (χ3n) is 3.79. The standard InChI is InChI=1S/C16H19N3O3/c1-3-15(20)19-8-9-21-14(10-19)12-4-6-13(7-5-12)16-17-11(2)22-18-16/h4-7,14H,3,8-10H2,1-2H3. The van der Waals surface area contributed by atoms with Gasteiger partial charge in [-0.3, -0.25) is 4.79 Å². The molecule has 3 rings (SSSR count). The lowest BCUT2D eigenvalue weighted by atomic mass is 10.0. The fourth-order valence-electron chi connectivity index (χ4n) is 2.56. The number of aromatic nitrogens is 2. The normalized spacial score (nSPS) is 18.5. The van der Waals surface area contributed by atoms with E-state index < -0.39 is 0 Å². The first-order valence-corrected chi connectivity index (χ1v) is 7.47. The first-order chi connectivity index (χ1) is 10.7. The minimum atomic E-state index is -0.0784. The van der Waals surface area contributed by atoms with Crippen molar-refractivity contribution in [2.24, 2.45) is 0 Å². The highest BCUT2D eigenvalue weighted by Crippen LogP contribution is 2.25. The van der Waals surface area contributed by atoms with Crippen LogP contribution in [0.3, 0.4) is 0 Å². The fourth-order valence-corrected chi connectivity index (χ4v) is 2.56. The third-order valence-corrected chi connectivity index (χ3v) is 3.79. The summed E-state index contributed by atoms with van der Waals surface area (Å²) in [6.45, 7) is 5.49. The van der Waals surface area contributed by atoms with Crippen molar-refractivity contribution in [3.63, 3.8) is 0 Å². The van der Waals surface area contributed by atoms with Crippen LogP contribution >= 0.6 is 0 Å². The van der Waals surface area contributed by atoms with Gasteiger partial charge in [0.15, 0.2) is 0 Å². The molecule has 1 aromatic carbocycles. The number of benzene rings is 1. The number of morpholine rings is 1. The predicted octanol–water partition coefficient (Wildman–Crippen LogP) is 2.35. The molecular formula is C16H19N3O3. The van der Waals surface area contributed by atoms with E-state index in [1.807, 2.05) is 36.1 Å². The van der Waals surface area contributed by atoms with Crippen LogP contribution < -0.4 is 0 Å². The van der Waals surface area contributed by atoms with E-state index >= 15 is 0 Å². The maximum atomic E-state index is 11.8. The van der Waals surface area contributed by atoms with Crippen molar-refractivity contribution in [3.8, 4) is 11.4 Å². The number of aryl methyl sites for hydroxylation is 1. The molecule has 6 nitrogen and oxygen atoms in total. The summed E-state index contributed by atoms with van der Waals surface area (Å²) in [6, 6.07) is 7.88. The molecule has 1 fully saturated rings. The first-order valence-electron chi connectivity index (χ1n) is 7.47. The molecule has 0 radical (unpaired) electrons. The van der Waals surface area contributed by atoms with Gasteiger partial charge in [0.2, 0.25) is 17.6 Å². The number of hydrogen-bond acceptors (Lipinski definition) is 5. The average molecular weight is 301 g/mol. The van der Waals surface area contributed by atoms with Gasteiger partial charge in [-0.15, -0.1) is 0 Å². The molecule has 1 saturated heterocycles. The number of carbonyl (C=O) groups excluding carboxylic acids is 1. The van der Waals surface area contributed by atoms with E-state index in [-0.39, 0.29) is 12.0 Å². The Bertz CT molecular complexity index is 651. The van der Waals surface area contributed by atoms with Gasteiger partial charge in [-0.2, -0.15) is 4.98 Å². The number of amides is 1. The molecule has 6 heteroatoms. The summed E-state index contributed by atoms with van der Waals surface area (Å²) in [5, 5.41) is 3.90. The molecule has 1 aromatic heterocycles. The lowest BCUT2D eigenvalue weighted by molar-refractivity contribution is -0.138. The summed E-state index contributed by atoms with van der Waals surface area (Å²) in [6.07, 6.45) is 0.452. The summed E-state index contributed by atoms with van der Waals surface area (Å²) in [5.41, 5.74) is 1.95. The summed E-state index contributed by atoms with van der Waals surface area (Å²) < 4.78 is 10.8. The van der Waals surface area contributed by atoms with Crippen LogP contribution in [0.5, 0.6) is 0 Å². The lowest BCUT2D eigenvalue weighted by Gasteiger charge is -2.33. The van der Waals surface area contributed by atoms with E-state index in [1.54, 1.807) is 6.92 Å². The zero-order valence-corrected chi connectivity index (χ0v) is 12.8. The Morgan fingerprint density at radius 1 is 1.36 bits per heavy atom. The smallest absolute Gasteiger partial charge is 0.223 e. The Labute approximate surface area is 129 Å². The molecule has 0 aliphatic carbocycles. The van der Waals surface area contributed by atoms with Crippen LogP contribution in [-0.2, 0) is 9.53 Å². The van der Waals surface area contributed by atoms with Crippen LogP contribution in [0, 0.1) is 6.92 Å². The Kier molecular flexibility index (Phi) is 4.20. The SMILES string of the molecule is CCC(=O)N1CCOC(c2ccc(-c3noc(C)n3)cc2)C1. The number of rotatable bonds is 3. The number of ether oxygens (including phenoxy) is 1. The van der Waals surface area contributed by atoms with Gasteiger partial charge >= 0.3 is 0 Å². The Morgan fingerprint density at radius 2 is 2.14 bits per heavy atom. The highest BCUT2D eigenvalue weighted by atomic mass is 16.5. The molecule has 0 bridgehead atoms. The molecule has 0 spiro atoms. The first kappa shape index (κ1) is 14.7. The van der Waals surface area contributed by atoms with Crippen LogP contribution in [0.2, 0.25) is 0 Å². The van der Waals surface area contributed by atoms with Crippen molar-refractivity contribution in [1.82, 2.24) is 15.0 Å². The second kappa shape index (κ2) is 6.27. The minimum Gasteiger partial charge on any atom is -0.370 e. The zero-order valence-electron chi connectivity index (χ0n) is 12.8. The Balaban J connectivity index is 1.73. The van der Waals surface area contributed by atoms with Crippen molar-refractivity contribution >= 4 is 5.91 Å². The molecule has 1 atom stereocenters. The van der Waals surface area contributed by atoms with Crippen LogP contribution in [0.15, 0.2) is 28.8 Å². The minimum absolute atomic E-state index is 0.0784. The van der Waals surface area contributed by atoms with Crippen molar-refractivity contribution in [2.75, 3.05) is 19.7 Å². The van der Waals surface area contributed by atoms with Crippen LogP contribution in [0.25, 0.3) is 11.4 Å². The van der Waals surface area contributed by atoms with E-state index in [2.05, 4.69) is 10.1 Å². The average Bonchev–Trinajstić information content (AvgIpc) is 3.01. The third kappa shape index (κ3) is 3.01. The van der Waals surface area contributed by atoms with Crippen LogP contribution in [0.4, 0.5) is 0 Å². The van der Waals surface area contributed by atoms with E-state index in [0.29, 0.717) is 37.8 Å². The van der Waals surface area contributed by atoms with Gasteiger partial charge in [0.1, 0.15) is 6.10 Å². The Morgan fingerprint density at radius 3 is 2.77 bits per heavy atom. The van der Waals surface area contributed by atoms with Gasteiger partial charge in [-0.05, 0) is 5.56 Å². The van der Waals surface area contributed by atoms with E-state index in [1.165, 1.54) is 0 Å². The highest BCUT2D eigenvalue weighted by molar-refractivity contribution is 5.76. The van der Waals surface area contributed by atoms with Gasteiger partial charge in [0.25, 0.3) is 0 Å². The van der Waals surface area contributed by atoms with Crippen molar-refractivity contribution in [2.45, 2.75) is 26.4 Å². The lowest BCUT2D eigenvalue weighted by Crippen LogP contribution is -2.41. The molecule has 2 heterocycles. The van der Waals surface area contributed by atoms with Crippen molar-refractivity contribution in [1.29, 1.82) is 0 Å². The number of carbonyl (C=O) groups is 1. The van der Waals surface area contributed by atoms with Crippen LogP contribution in [0.1, 0.15) is 30.9 Å².